The van der Waals surface area contributed by atoms with Gasteiger partial charge in [-0.3, -0.25) is 15.1 Å². The number of nitro groups is 1. The number of non-ortho nitro benzene ring substituents is 1. The molecule has 1 aromatic carbocycles. The molecule has 23 heavy (non-hydrogen) atoms. The number of hydrogen-bond acceptors (Lipinski definition) is 4. The van der Waals surface area contributed by atoms with Crippen molar-refractivity contribution in [1.29, 1.82) is 0 Å². The molecule has 1 aromatic rings. The summed E-state index contributed by atoms with van der Waals surface area (Å²) < 4.78 is 0. The van der Waals surface area contributed by atoms with Crippen LogP contribution < -0.4 is 5.32 Å². The zero-order chi connectivity index (χ0) is 15.9. The normalized spacial score (nSPS) is 25.6. The molecule has 0 saturated heterocycles. The molecule has 1 N–H and O–H groups in total. The fourth-order valence-corrected chi connectivity index (χ4v) is 4.72. The van der Waals surface area contributed by atoms with Crippen LogP contribution in [0.1, 0.15) is 57.8 Å². The lowest BCUT2D eigenvalue weighted by molar-refractivity contribution is -0.384. The van der Waals surface area contributed by atoms with Crippen molar-refractivity contribution in [2.75, 3.05) is 5.32 Å². The average molecular weight is 313 g/mol. The van der Waals surface area contributed by atoms with Crippen molar-refractivity contribution in [3.8, 4) is 0 Å². The monoisotopic (exact) mass is 313 g/mol. The first kappa shape index (κ1) is 14.7. The van der Waals surface area contributed by atoms with Gasteiger partial charge >= 0.3 is 0 Å². The van der Waals surface area contributed by atoms with E-state index in [9.17, 15) is 10.1 Å². The van der Waals surface area contributed by atoms with Gasteiger partial charge in [-0.15, -0.1) is 0 Å². The molecular weight excluding hydrogens is 290 g/mol. The number of aliphatic imine (C=N–C) groups is 1. The Labute approximate surface area is 136 Å². The van der Waals surface area contributed by atoms with Gasteiger partial charge < -0.3 is 5.32 Å². The van der Waals surface area contributed by atoms with E-state index in [1.807, 2.05) is 6.07 Å². The van der Waals surface area contributed by atoms with Crippen molar-refractivity contribution in [2.45, 2.75) is 63.3 Å². The highest BCUT2D eigenvalue weighted by atomic mass is 16.6. The van der Waals surface area contributed by atoms with E-state index < -0.39 is 0 Å². The van der Waals surface area contributed by atoms with Gasteiger partial charge in [0.15, 0.2) is 0 Å². The number of rotatable bonds is 1. The molecule has 0 amide bonds. The average Bonchev–Trinajstić information content (AvgIpc) is 2.69. The van der Waals surface area contributed by atoms with Crippen LogP contribution in [-0.2, 0) is 0 Å². The van der Waals surface area contributed by atoms with Crippen LogP contribution in [0.4, 0.5) is 17.1 Å². The van der Waals surface area contributed by atoms with E-state index in [2.05, 4.69) is 5.32 Å². The Morgan fingerprint density at radius 1 is 1.17 bits per heavy atom. The highest BCUT2D eigenvalue weighted by Gasteiger charge is 2.44. The Kier molecular flexibility index (Phi) is 3.58. The van der Waals surface area contributed by atoms with Gasteiger partial charge in [-0.25, -0.2) is 0 Å². The summed E-state index contributed by atoms with van der Waals surface area (Å²) in [5, 5.41) is 14.9. The highest BCUT2D eigenvalue weighted by molar-refractivity contribution is 5.94. The number of hydrogen-bond donors (Lipinski definition) is 1. The Morgan fingerprint density at radius 3 is 2.78 bits per heavy atom. The Balaban J connectivity index is 1.81. The van der Waals surface area contributed by atoms with E-state index in [-0.39, 0.29) is 16.1 Å². The molecule has 3 aliphatic rings. The first-order chi connectivity index (χ1) is 11.2. The summed E-state index contributed by atoms with van der Waals surface area (Å²) in [6.07, 6.45) is 10.9. The predicted molar refractivity (Wildman–Crippen MR) is 91.6 cm³/mol. The van der Waals surface area contributed by atoms with Gasteiger partial charge in [0.2, 0.25) is 0 Å². The predicted octanol–water partition coefficient (Wildman–Crippen LogP) is 4.99. The smallest absolute Gasteiger partial charge is 0.271 e. The number of nitro benzene ring substituents is 1. The molecule has 1 atom stereocenters. The molecule has 5 heteroatoms. The van der Waals surface area contributed by atoms with Crippen LogP contribution in [0.15, 0.2) is 23.2 Å². The maximum absolute atomic E-state index is 11.1. The maximum Gasteiger partial charge on any atom is 0.271 e. The number of fused-ring (bicyclic) bond motifs is 3. The van der Waals surface area contributed by atoms with Crippen LogP contribution in [0.5, 0.6) is 0 Å². The number of benzene rings is 1. The molecule has 2 saturated carbocycles. The van der Waals surface area contributed by atoms with E-state index >= 15 is 0 Å². The summed E-state index contributed by atoms with van der Waals surface area (Å²) in [6, 6.07) is 5.07. The standard InChI is InChI=1S/C18H23N3O2/c22-21(23)13-8-9-16-17(12-13)19-15-7-3-2-6-14(15)18(20-16)10-4-1-5-11-18/h8-9,12,14,20H,1-7,10-11H2. The van der Waals surface area contributed by atoms with Crippen molar-refractivity contribution in [3.63, 3.8) is 0 Å². The second kappa shape index (κ2) is 5.62. The van der Waals surface area contributed by atoms with Crippen molar-refractivity contribution in [3.05, 3.63) is 28.3 Å². The molecule has 0 bridgehead atoms. The molecule has 0 aromatic heterocycles. The van der Waals surface area contributed by atoms with E-state index in [0.717, 1.165) is 17.8 Å². The number of anilines is 1. The van der Waals surface area contributed by atoms with Gasteiger partial charge in [-0.2, -0.15) is 0 Å². The lowest BCUT2D eigenvalue weighted by atomic mass is 9.66. The van der Waals surface area contributed by atoms with Gasteiger partial charge in [0.25, 0.3) is 5.69 Å². The fourth-order valence-electron chi connectivity index (χ4n) is 4.72. The minimum Gasteiger partial charge on any atom is -0.377 e. The second-order valence-electron chi connectivity index (χ2n) is 7.20. The highest BCUT2D eigenvalue weighted by Crippen LogP contribution is 2.47. The summed E-state index contributed by atoms with van der Waals surface area (Å²) in [5.41, 5.74) is 3.23. The third kappa shape index (κ3) is 2.52. The lowest BCUT2D eigenvalue weighted by Crippen LogP contribution is -2.50. The SMILES string of the molecule is O=[N+]([O-])c1ccc2c(c1)N=C1CCCCC1C1(CCCCC1)N2. The van der Waals surface area contributed by atoms with Crippen LogP contribution in [0.2, 0.25) is 0 Å². The largest absolute Gasteiger partial charge is 0.377 e. The minimum atomic E-state index is -0.333. The lowest BCUT2D eigenvalue weighted by Gasteiger charge is -2.46. The molecule has 1 spiro atoms. The van der Waals surface area contributed by atoms with Crippen molar-refractivity contribution in [2.24, 2.45) is 10.9 Å². The summed E-state index contributed by atoms with van der Waals surface area (Å²) in [5.74, 6) is 0.489. The first-order valence-electron chi connectivity index (χ1n) is 8.82. The zero-order valence-electron chi connectivity index (χ0n) is 13.4. The fraction of sp³-hybridized carbons (Fsp3) is 0.611. The van der Waals surface area contributed by atoms with Gasteiger partial charge in [0, 0.05) is 29.3 Å². The van der Waals surface area contributed by atoms with Crippen LogP contribution >= 0.6 is 0 Å². The molecule has 4 rings (SSSR count). The van der Waals surface area contributed by atoms with Gasteiger partial charge in [-0.1, -0.05) is 25.7 Å². The molecule has 2 aliphatic carbocycles. The van der Waals surface area contributed by atoms with E-state index in [1.54, 1.807) is 12.1 Å². The Morgan fingerprint density at radius 2 is 2.00 bits per heavy atom. The van der Waals surface area contributed by atoms with Crippen molar-refractivity contribution in [1.82, 2.24) is 0 Å². The van der Waals surface area contributed by atoms with Crippen molar-refractivity contribution >= 4 is 22.8 Å². The third-order valence-electron chi connectivity index (χ3n) is 5.83. The number of nitrogens with one attached hydrogen (secondary N) is 1. The van der Waals surface area contributed by atoms with E-state index in [4.69, 9.17) is 4.99 Å². The minimum absolute atomic E-state index is 0.110. The summed E-state index contributed by atoms with van der Waals surface area (Å²) in [4.78, 5) is 15.7. The summed E-state index contributed by atoms with van der Waals surface area (Å²) >= 11 is 0. The Bertz CT molecular complexity index is 662. The van der Waals surface area contributed by atoms with Crippen LogP contribution in [-0.4, -0.2) is 16.2 Å². The molecule has 122 valence electrons. The number of nitrogens with zero attached hydrogens (tertiary/aromatic N) is 2. The molecule has 0 radical (unpaired) electrons. The molecular formula is C18H23N3O2. The molecule has 1 heterocycles. The van der Waals surface area contributed by atoms with Crippen LogP contribution in [0.25, 0.3) is 0 Å². The molecule has 2 fully saturated rings. The Hall–Kier alpha value is -1.91. The summed E-state index contributed by atoms with van der Waals surface area (Å²) in [6.45, 7) is 0. The first-order valence-corrected chi connectivity index (χ1v) is 8.82. The maximum atomic E-state index is 11.1. The van der Waals surface area contributed by atoms with Crippen LogP contribution in [0.3, 0.4) is 0 Å². The molecule has 5 nitrogen and oxygen atoms in total. The third-order valence-corrected chi connectivity index (χ3v) is 5.83. The van der Waals surface area contributed by atoms with Gasteiger partial charge in [-0.05, 0) is 38.2 Å². The van der Waals surface area contributed by atoms with E-state index in [0.29, 0.717) is 5.92 Å². The summed E-state index contributed by atoms with van der Waals surface area (Å²) in [7, 11) is 0. The van der Waals surface area contributed by atoms with E-state index in [1.165, 1.54) is 57.1 Å². The van der Waals surface area contributed by atoms with Gasteiger partial charge in [0.05, 0.1) is 16.3 Å². The van der Waals surface area contributed by atoms with Crippen LogP contribution in [0, 0.1) is 16.0 Å². The molecule has 1 unspecified atom stereocenters. The topological polar surface area (TPSA) is 67.5 Å². The van der Waals surface area contributed by atoms with Crippen molar-refractivity contribution < 1.29 is 4.92 Å². The second-order valence-corrected chi connectivity index (χ2v) is 7.20. The zero-order valence-corrected chi connectivity index (χ0v) is 13.4. The molecule has 1 aliphatic heterocycles. The van der Waals surface area contributed by atoms with Gasteiger partial charge in [0.1, 0.15) is 0 Å². The quantitative estimate of drug-likeness (QED) is 0.587.